The summed E-state index contributed by atoms with van der Waals surface area (Å²) in [5, 5.41) is 10.3. The van der Waals surface area contributed by atoms with Gasteiger partial charge in [-0.15, -0.1) is 0 Å². The largest absolute Gasteiger partial charge is 0.353 e. The Morgan fingerprint density at radius 3 is 2.88 bits per heavy atom. The van der Waals surface area contributed by atoms with E-state index in [0.717, 1.165) is 28.9 Å². The van der Waals surface area contributed by atoms with Crippen molar-refractivity contribution >= 4 is 17.5 Å². The van der Waals surface area contributed by atoms with Crippen molar-refractivity contribution in [1.82, 2.24) is 15.5 Å². The van der Waals surface area contributed by atoms with Gasteiger partial charge < -0.3 is 5.32 Å². The SMILES string of the molecule is Cc1n[nH]c(C)c1C(C)CC(=O)N[C@@H]1C[C@H]1c1ccc(Cl)c(F)c1. The van der Waals surface area contributed by atoms with Crippen LogP contribution < -0.4 is 5.32 Å². The van der Waals surface area contributed by atoms with Crippen LogP contribution in [0.15, 0.2) is 18.2 Å². The number of nitrogens with zero attached hydrogens (tertiary/aromatic N) is 1. The average Bonchev–Trinajstić information content (AvgIpc) is 3.18. The number of aromatic amines is 1. The Bertz CT molecular complexity index is 754. The van der Waals surface area contributed by atoms with E-state index in [0.29, 0.717) is 6.42 Å². The monoisotopic (exact) mass is 349 g/mol. The third-order valence-corrected chi connectivity index (χ3v) is 4.98. The van der Waals surface area contributed by atoms with Crippen LogP contribution >= 0.6 is 11.6 Å². The highest BCUT2D eigenvalue weighted by atomic mass is 35.5. The minimum Gasteiger partial charge on any atom is -0.353 e. The molecule has 0 aliphatic heterocycles. The molecule has 128 valence electrons. The molecule has 6 heteroatoms. The first-order valence-electron chi connectivity index (χ1n) is 8.12. The smallest absolute Gasteiger partial charge is 0.220 e. The summed E-state index contributed by atoms with van der Waals surface area (Å²) in [5.74, 6) is -0.113. The first-order chi connectivity index (χ1) is 11.4. The van der Waals surface area contributed by atoms with Gasteiger partial charge in [0.15, 0.2) is 0 Å². The first kappa shape index (κ1) is 17.0. The molecular weight excluding hydrogens is 329 g/mol. The zero-order chi connectivity index (χ0) is 17.4. The van der Waals surface area contributed by atoms with E-state index in [-0.39, 0.29) is 28.8 Å². The van der Waals surface area contributed by atoms with Gasteiger partial charge in [0.2, 0.25) is 5.91 Å². The maximum atomic E-state index is 13.5. The van der Waals surface area contributed by atoms with Crippen LogP contribution in [0.5, 0.6) is 0 Å². The number of aromatic nitrogens is 2. The van der Waals surface area contributed by atoms with Crippen molar-refractivity contribution < 1.29 is 9.18 Å². The van der Waals surface area contributed by atoms with Crippen molar-refractivity contribution in [2.24, 2.45) is 0 Å². The number of carbonyl (C=O) groups excluding carboxylic acids is 1. The predicted molar refractivity (Wildman–Crippen MR) is 91.8 cm³/mol. The molecule has 1 fully saturated rings. The molecule has 24 heavy (non-hydrogen) atoms. The lowest BCUT2D eigenvalue weighted by molar-refractivity contribution is -0.121. The van der Waals surface area contributed by atoms with Gasteiger partial charge in [0, 0.05) is 24.1 Å². The van der Waals surface area contributed by atoms with Crippen LogP contribution in [0.4, 0.5) is 4.39 Å². The van der Waals surface area contributed by atoms with Crippen molar-refractivity contribution in [2.45, 2.75) is 51.5 Å². The number of halogens is 2. The van der Waals surface area contributed by atoms with E-state index in [4.69, 9.17) is 11.6 Å². The summed E-state index contributed by atoms with van der Waals surface area (Å²) in [6.07, 6.45) is 1.25. The topological polar surface area (TPSA) is 57.8 Å². The van der Waals surface area contributed by atoms with Gasteiger partial charge in [-0.05, 0) is 49.4 Å². The Balaban J connectivity index is 1.56. The van der Waals surface area contributed by atoms with E-state index in [1.165, 1.54) is 6.07 Å². The van der Waals surface area contributed by atoms with E-state index in [9.17, 15) is 9.18 Å². The molecule has 0 radical (unpaired) electrons. The lowest BCUT2D eigenvalue weighted by Crippen LogP contribution is -2.27. The van der Waals surface area contributed by atoms with Crippen molar-refractivity contribution in [3.8, 4) is 0 Å². The fraction of sp³-hybridized carbons (Fsp3) is 0.444. The molecule has 4 nitrogen and oxygen atoms in total. The van der Waals surface area contributed by atoms with Gasteiger partial charge in [0.1, 0.15) is 5.82 Å². The number of rotatable bonds is 5. The second kappa shape index (κ2) is 6.55. The summed E-state index contributed by atoms with van der Waals surface area (Å²) >= 11 is 5.71. The number of nitrogens with one attached hydrogen (secondary N) is 2. The third kappa shape index (κ3) is 3.46. The van der Waals surface area contributed by atoms with Crippen LogP contribution in [-0.4, -0.2) is 22.1 Å². The molecule has 1 unspecified atom stereocenters. The highest BCUT2D eigenvalue weighted by Gasteiger charge is 2.39. The lowest BCUT2D eigenvalue weighted by atomic mass is 9.95. The zero-order valence-corrected chi connectivity index (χ0v) is 14.7. The molecule has 1 aromatic carbocycles. The zero-order valence-electron chi connectivity index (χ0n) is 14.0. The maximum Gasteiger partial charge on any atom is 0.220 e. The summed E-state index contributed by atoms with van der Waals surface area (Å²) in [5.41, 5.74) is 3.94. The average molecular weight is 350 g/mol. The number of H-pyrrole nitrogens is 1. The fourth-order valence-corrected chi connectivity index (χ4v) is 3.52. The Hall–Kier alpha value is -1.88. The molecule has 0 saturated heterocycles. The number of aryl methyl sites for hydroxylation is 2. The number of hydrogen-bond acceptors (Lipinski definition) is 2. The quantitative estimate of drug-likeness (QED) is 0.857. The molecule has 1 aliphatic rings. The normalized spacial score (nSPS) is 20.7. The molecule has 0 bridgehead atoms. The van der Waals surface area contributed by atoms with Gasteiger partial charge >= 0.3 is 0 Å². The highest BCUT2D eigenvalue weighted by Crippen LogP contribution is 2.41. The highest BCUT2D eigenvalue weighted by molar-refractivity contribution is 6.30. The van der Waals surface area contributed by atoms with Crippen LogP contribution in [-0.2, 0) is 4.79 Å². The van der Waals surface area contributed by atoms with Crippen molar-refractivity contribution in [3.63, 3.8) is 0 Å². The predicted octanol–water partition coefficient (Wildman–Crippen LogP) is 3.98. The molecule has 3 atom stereocenters. The van der Waals surface area contributed by atoms with Gasteiger partial charge in [-0.25, -0.2) is 4.39 Å². The second-order valence-corrected chi connectivity index (χ2v) is 7.05. The van der Waals surface area contributed by atoms with Gasteiger partial charge in [-0.1, -0.05) is 24.6 Å². The molecular formula is C18H21ClFN3O. The maximum absolute atomic E-state index is 13.5. The van der Waals surface area contributed by atoms with E-state index in [1.807, 2.05) is 26.8 Å². The summed E-state index contributed by atoms with van der Waals surface area (Å²) < 4.78 is 13.5. The first-order valence-corrected chi connectivity index (χ1v) is 8.50. The third-order valence-electron chi connectivity index (χ3n) is 4.68. The fourth-order valence-electron chi connectivity index (χ4n) is 3.40. The van der Waals surface area contributed by atoms with Crippen molar-refractivity contribution in [2.75, 3.05) is 0 Å². The summed E-state index contributed by atoms with van der Waals surface area (Å²) in [6, 6.07) is 4.93. The summed E-state index contributed by atoms with van der Waals surface area (Å²) in [4.78, 5) is 12.3. The van der Waals surface area contributed by atoms with Crippen molar-refractivity contribution in [1.29, 1.82) is 0 Å². The molecule has 0 spiro atoms. The molecule has 1 aromatic heterocycles. The minimum atomic E-state index is -0.411. The van der Waals surface area contributed by atoms with Crippen LogP contribution in [0.25, 0.3) is 0 Å². The molecule has 3 rings (SSSR count). The summed E-state index contributed by atoms with van der Waals surface area (Å²) in [7, 11) is 0. The van der Waals surface area contributed by atoms with Crippen LogP contribution in [0.3, 0.4) is 0 Å². The Labute approximate surface area is 145 Å². The van der Waals surface area contributed by atoms with E-state index >= 15 is 0 Å². The Kier molecular flexibility index (Phi) is 4.63. The van der Waals surface area contributed by atoms with E-state index in [2.05, 4.69) is 15.5 Å². The molecule has 2 aromatic rings. The van der Waals surface area contributed by atoms with Gasteiger partial charge in [0.05, 0.1) is 10.7 Å². The van der Waals surface area contributed by atoms with E-state index < -0.39 is 5.82 Å². The van der Waals surface area contributed by atoms with Crippen LogP contribution in [0.2, 0.25) is 5.02 Å². The van der Waals surface area contributed by atoms with Crippen LogP contribution in [0, 0.1) is 19.7 Å². The number of amides is 1. The standard InChI is InChI=1S/C18H21ClFN3O/c1-9(18-10(2)22-23-11(18)3)6-17(24)21-16-8-13(16)12-4-5-14(19)15(20)7-12/h4-5,7,9,13,16H,6,8H2,1-3H3,(H,21,24)(H,22,23)/t9?,13-,16+/m0/s1. The Morgan fingerprint density at radius 1 is 1.50 bits per heavy atom. The number of benzene rings is 1. The van der Waals surface area contributed by atoms with Gasteiger partial charge in [-0.2, -0.15) is 5.10 Å². The Morgan fingerprint density at radius 2 is 2.25 bits per heavy atom. The van der Waals surface area contributed by atoms with E-state index in [1.54, 1.807) is 6.07 Å². The number of hydrogen-bond donors (Lipinski definition) is 2. The van der Waals surface area contributed by atoms with Gasteiger partial charge in [0.25, 0.3) is 0 Å². The minimum absolute atomic E-state index is 0.0180. The summed E-state index contributed by atoms with van der Waals surface area (Å²) in [6.45, 7) is 5.94. The van der Waals surface area contributed by atoms with Crippen LogP contribution in [0.1, 0.15) is 54.1 Å². The molecule has 1 aliphatic carbocycles. The van der Waals surface area contributed by atoms with Crippen molar-refractivity contribution in [3.05, 3.63) is 51.6 Å². The molecule has 1 heterocycles. The molecule has 2 N–H and O–H groups in total. The van der Waals surface area contributed by atoms with Gasteiger partial charge in [-0.3, -0.25) is 9.89 Å². The number of carbonyl (C=O) groups is 1. The second-order valence-electron chi connectivity index (χ2n) is 6.64. The molecule has 1 amide bonds. The lowest BCUT2D eigenvalue weighted by Gasteiger charge is -2.12. The molecule has 1 saturated carbocycles.